The van der Waals surface area contributed by atoms with Crippen molar-refractivity contribution < 1.29 is 9.63 Å². The number of fused-ring (bicyclic) bond motifs is 1. The van der Waals surface area contributed by atoms with Crippen LogP contribution in [-0.2, 0) is 4.84 Å². The Morgan fingerprint density at radius 3 is 2.77 bits per heavy atom. The van der Waals surface area contributed by atoms with Gasteiger partial charge in [0, 0.05) is 11.4 Å². The summed E-state index contributed by atoms with van der Waals surface area (Å²) in [4.78, 5) is 31.2. The number of hydrogen-bond acceptors (Lipinski definition) is 6. The fourth-order valence-corrected chi connectivity index (χ4v) is 3.85. The molecule has 9 heteroatoms. The van der Waals surface area contributed by atoms with Gasteiger partial charge in [0.25, 0.3) is 5.91 Å². The van der Waals surface area contributed by atoms with Gasteiger partial charge in [0.15, 0.2) is 0 Å². The smallest absolute Gasteiger partial charge is 0.289 e. The van der Waals surface area contributed by atoms with Crippen molar-refractivity contribution in [1.82, 2.24) is 20.8 Å². The minimum absolute atomic E-state index is 0.0139. The van der Waals surface area contributed by atoms with E-state index >= 15 is 0 Å². The predicted octanol–water partition coefficient (Wildman–Crippen LogP) is 2.02. The molecule has 2 aliphatic carbocycles. The summed E-state index contributed by atoms with van der Waals surface area (Å²) in [5.74, 6) is 0.881. The van der Waals surface area contributed by atoms with Gasteiger partial charge in [-0.2, -0.15) is 0 Å². The van der Waals surface area contributed by atoms with E-state index in [1.54, 1.807) is 0 Å². The van der Waals surface area contributed by atoms with Crippen LogP contribution in [0.3, 0.4) is 0 Å². The summed E-state index contributed by atoms with van der Waals surface area (Å²) in [6.45, 7) is 2.03. The van der Waals surface area contributed by atoms with Crippen molar-refractivity contribution in [2.45, 2.75) is 63.6 Å². The SMILES string of the molecule is CONC(N)=N[C@@H]1CCCC[C@@H]1Nc1nc(C(=O)NC2CC2)nc2ccc(C)cc12. The van der Waals surface area contributed by atoms with Gasteiger partial charge in [-0.15, -0.1) is 0 Å². The fraction of sp³-hybridized carbons (Fsp3) is 0.524. The molecular weight excluding hydrogens is 382 g/mol. The zero-order valence-corrected chi connectivity index (χ0v) is 17.4. The van der Waals surface area contributed by atoms with Gasteiger partial charge in [0.1, 0.15) is 5.82 Å². The number of nitrogens with zero attached hydrogens (tertiary/aromatic N) is 3. The quantitative estimate of drug-likeness (QED) is 0.325. The molecule has 2 fully saturated rings. The number of benzene rings is 1. The molecule has 9 nitrogen and oxygen atoms in total. The number of nitrogens with one attached hydrogen (secondary N) is 3. The lowest BCUT2D eigenvalue weighted by Gasteiger charge is -2.30. The maximum atomic E-state index is 12.6. The van der Waals surface area contributed by atoms with E-state index < -0.39 is 0 Å². The van der Waals surface area contributed by atoms with E-state index in [2.05, 4.69) is 31.1 Å². The fourth-order valence-electron chi connectivity index (χ4n) is 3.85. The molecule has 1 aromatic carbocycles. The second-order valence-corrected chi connectivity index (χ2v) is 8.09. The highest BCUT2D eigenvalue weighted by Gasteiger charge is 2.28. The first-order valence-electron chi connectivity index (χ1n) is 10.5. The second-order valence-electron chi connectivity index (χ2n) is 8.09. The summed E-state index contributed by atoms with van der Waals surface area (Å²) in [6.07, 6.45) is 6.07. The number of aromatic nitrogens is 2. The van der Waals surface area contributed by atoms with E-state index in [0.29, 0.717) is 5.82 Å². The van der Waals surface area contributed by atoms with Crippen molar-refractivity contribution in [1.29, 1.82) is 0 Å². The highest BCUT2D eigenvalue weighted by Crippen LogP contribution is 2.28. The average molecular weight is 412 g/mol. The van der Waals surface area contributed by atoms with Gasteiger partial charge in [-0.3, -0.25) is 9.63 Å². The number of carbonyl (C=O) groups excluding carboxylic acids is 1. The Kier molecular flexibility index (Phi) is 5.98. The number of anilines is 1. The molecule has 2 aliphatic rings. The van der Waals surface area contributed by atoms with E-state index in [9.17, 15) is 4.79 Å². The Hall–Kier alpha value is -2.94. The van der Waals surface area contributed by atoms with Crippen LogP contribution >= 0.6 is 0 Å². The van der Waals surface area contributed by atoms with Crippen molar-refractivity contribution in [2.75, 3.05) is 12.4 Å². The van der Waals surface area contributed by atoms with Crippen molar-refractivity contribution in [2.24, 2.45) is 10.7 Å². The van der Waals surface area contributed by atoms with Gasteiger partial charge < -0.3 is 16.4 Å². The van der Waals surface area contributed by atoms with Gasteiger partial charge in [0.05, 0.1) is 24.7 Å². The third kappa shape index (κ3) is 4.79. The standard InChI is InChI=1S/C21H29N7O2/c1-12-7-10-15-14(11-12)18(27-19(24-15)20(29)23-13-8-9-13)25-16-5-3-4-6-17(16)26-21(22)28-30-2/h7,10-11,13,16-17H,3-6,8-9H2,1-2H3,(H,23,29)(H3,22,26,28)(H,24,25,27)/t16-,17+/m0/s1. The number of aliphatic imine (C=N–C) groups is 1. The van der Waals surface area contributed by atoms with E-state index in [1.165, 1.54) is 7.11 Å². The summed E-state index contributed by atoms with van der Waals surface area (Å²) in [6, 6.07) is 6.25. The van der Waals surface area contributed by atoms with E-state index in [4.69, 9.17) is 10.6 Å². The third-order valence-electron chi connectivity index (χ3n) is 5.53. The van der Waals surface area contributed by atoms with Crippen molar-refractivity contribution in [3.63, 3.8) is 0 Å². The van der Waals surface area contributed by atoms with Crippen LogP contribution in [0.4, 0.5) is 5.82 Å². The van der Waals surface area contributed by atoms with Crippen LogP contribution in [0, 0.1) is 6.92 Å². The minimum atomic E-state index is -0.227. The number of aryl methyl sites for hydroxylation is 1. The largest absolute Gasteiger partial charge is 0.368 e. The maximum Gasteiger partial charge on any atom is 0.289 e. The summed E-state index contributed by atoms with van der Waals surface area (Å²) in [5, 5.41) is 7.42. The van der Waals surface area contributed by atoms with Crippen LogP contribution in [0.15, 0.2) is 23.2 Å². The van der Waals surface area contributed by atoms with E-state index in [1.807, 2.05) is 25.1 Å². The molecule has 5 N–H and O–H groups in total. The monoisotopic (exact) mass is 411 g/mol. The highest BCUT2D eigenvalue weighted by atomic mass is 16.6. The van der Waals surface area contributed by atoms with Crippen LogP contribution in [0.1, 0.15) is 54.7 Å². The van der Waals surface area contributed by atoms with Crippen molar-refractivity contribution in [3.8, 4) is 0 Å². The summed E-state index contributed by atoms with van der Waals surface area (Å²) in [7, 11) is 1.50. The number of nitrogens with two attached hydrogens (primary N) is 1. The number of amides is 1. The number of hydrogen-bond donors (Lipinski definition) is 4. The molecule has 4 rings (SSSR count). The normalized spacial score (nSPS) is 22.0. The molecule has 0 saturated heterocycles. The lowest BCUT2D eigenvalue weighted by atomic mass is 9.90. The van der Waals surface area contributed by atoms with Crippen LogP contribution in [-0.4, -0.2) is 47.1 Å². The zero-order valence-electron chi connectivity index (χ0n) is 17.4. The van der Waals surface area contributed by atoms with Gasteiger partial charge in [-0.25, -0.2) is 20.4 Å². The van der Waals surface area contributed by atoms with Crippen LogP contribution in [0.25, 0.3) is 10.9 Å². The molecule has 160 valence electrons. The zero-order chi connectivity index (χ0) is 21.1. The molecule has 1 amide bonds. The lowest BCUT2D eigenvalue weighted by molar-refractivity contribution is 0.0941. The Balaban J connectivity index is 1.66. The Bertz CT molecular complexity index is 958. The molecule has 1 heterocycles. The molecule has 2 atom stereocenters. The Morgan fingerprint density at radius 1 is 1.20 bits per heavy atom. The van der Waals surface area contributed by atoms with Crippen molar-refractivity contribution in [3.05, 3.63) is 29.6 Å². The van der Waals surface area contributed by atoms with Crippen LogP contribution in [0.5, 0.6) is 0 Å². The Labute approximate surface area is 175 Å². The molecule has 2 aromatic rings. The maximum absolute atomic E-state index is 12.6. The highest BCUT2D eigenvalue weighted by molar-refractivity contribution is 5.97. The molecule has 0 unspecified atom stereocenters. The molecule has 30 heavy (non-hydrogen) atoms. The van der Waals surface area contributed by atoms with Gasteiger partial charge in [0.2, 0.25) is 11.8 Å². The average Bonchev–Trinajstić information content (AvgIpc) is 3.53. The molecule has 0 aliphatic heterocycles. The number of carbonyl (C=O) groups is 1. The predicted molar refractivity (Wildman–Crippen MR) is 116 cm³/mol. The van der Waals surface area contributed by atoms with Gasteiger partial charge >= 0.3 is 0 Å². The minimum Gasteiger partial charge on any atom is -0.368 e. The number of rotatable bonds is 6. The van der Waals surface area contributed by atoms with Crippen LogP contribution in [0.2, 0.25) is 0 Å². The van der Waals surface area contributed by atoms with Crippen LogP contribution < -0.4 is 21.8 Å². The summed E-state index contributed by atoms with van der Waals surface area (Å²) >= 11 is 0. The second kappa shape index (κ2) is 8.83. The summed E-state index contributed by atoms with van der Waals surface area (Å²) in [5.41, 5.74) is 10.3. The van der Waals surface area contributed by atoms with Gasteiger partial charge in [-0.05, 0) is 44.7 Å². The molecule has 1 aromatic heterocycles. The molecule has 2 saturated carbocycles. The Morgan fingerprint density at radius 2 is 2.00 bits per heavy atom. The molecule has 0 radical (unpaired) electrons. The van der Waals surface area contributed by atoms with E-state index in [-0.39, 0.29) is 35.8 Å². The number of hydroxylamine groups is 1. The molecule has 0 bridgehead atoms. The van der Waals surface area contributed by atoms with Gasteiger partial charge in [-0.1, -0.05) is 24.5 Å². The first-order valence-corrected chi connectivity index (χ1v) is 10.5. The van der Waals surface area contributed by atoms with Crippen molar-refractivity contribution >= 4 is 28.6 Å². The topological polar surface area (TPSA) is 127 Å². The summed E-state index contributed by atoms with van der Waals surface area (Å²) < 4.78 is 0. The molecule has 0 spiro atoms. The lowest BCUT2D eigenvalue weighted by Crippen LogP contribution is -2.40. The van der Waals surface area contributed by atoms with E-state index in [0.717, 1.165) is 55.0 Å². The first kappa shape index (κ1) is 20.3. The molecular formula is C21H29N7O2. The number of guanidine groups is 1. The third-order valence-corrected chi connectivity index (χ3v) is 5.53. The first-order chi connectivity index (χ1) is 14.5.